The lowest BCUT2D eigenvalue weighted by Gasteiger charge is -2.10. The Morgan fingerprint density at radius 1 is 1.04 bits per heavy atom. The SMILES string of the molecule is CCC/C(=C\C(=NC)c1cccc(C(=N)N)c1)c1ccc(CC)cc1. The molecule has 0 spiro atoms. The lowest BCUT2D eigenvalue weighted by molar-refractivity contribution is 0.973. The number of nitrogens with one attached hydrogen (secondary N) is 1. The van der Waals surface area contributed by atoms with E-state index in [0.29, 0.717) is 0 Å². The predicted molar refractivity (Wildman–Crippen MR) is 109 cm³/mol. The van der Waals surface area contributed by atoms with Crippen LogP contribution in [0.5, 0.6) is 0 Å². The molecule has 0 aliphatic rings. The molecule has 25 heavy (non-hydrogen) atoms. The molecule has 0 saturated carbocycles. The number of rotatable bonds is 7. The Labute approximate surface area is 150 Å². The molecule has 0 heterocycles. The van der Waals surface area contributed by atoms with Gasteiger partial charge in [-0.15, -0.1) is 0 Å². The third-order valence-corrected chi connectivity index (χ3v) is 4.27. The second kappa shape index (κ2) is 8.97. The predicted octanol–water partition coefficient (Wildman–Crippen LogP) is 4.84. The van der Waals surface area contributed by atoms with Gasteiger partial charge in [0.1, 0.15) is 5.84 Å². The number of allylic oxidation sites excluding steroid dienone is 2. The van der Waals surface area contributed by atoms with Crippen molar-refractivity contribution in [3.8, 4) is 0 Å². The van der Waals surface area contributed by atoms with Crippen LogP contribution in [0, 0.1) is 5.41 Å². The number of nitrogens with two attached hydrogens (primary N) is 1. The fraction of sp³-hybridized carbons (Fsp3) is 0.273. The van der Waals surface area contributed by atoms with Gasteiger partial charge in [-0.25, -0.2) is 0 Å². The molecule has 2 rings (SSSR count). The third-order valence-electron chi connectivity index (χ3n) is 4.27. The second-order valence-corrected chi connectivity index (χ2v) is 6.07. The Kier molecular flexibility index (Phi) is 6.70. The quantitative estimate of drug-likeness (QED) is 0.553. The molecule has 0 amide bonds. The van der Waals surface area contributed by atoms with Crippen molar-refractivity contribution in [3.05, 3.63) is 76.9 Å². The van der Waals surface area contributed by atoms with Gasteiger partial charge in [0.25, 0.3) is 0 Å². The summed E-state index contributed by atoms with van der Waals surface area (Å²) >= 11 is 0. The van der Waals surface area contributed by atoms with Crippen molar-refractivity contribution in [2.45, 2.75) is 33.1 Å². The molecule has 3 N–H and O–H groups in total. The summed E-state index contributed by atoms with van der Waals surface area (Å²) in [6.45, 7) is 4.36. The van der Waals surface area contributed by atoms with E-state index in [1.54, 1.807) is 7.05 Å². The fourth-order valence-corrected chi connectivity index (χ4v) is 2.81. The van der Waals surface area contributed by atoms with Gasteiger partial charge in [0.05, 0.1) is 5.71 Å². The molecular weight excluding hydrogens is 306 g/mol. The van der Waals surface area contributed by atoms with Crippen molar-refractivity contribution in [2.24, 2.45) is 10.7 Å². The Morgan fingerprint density at radius 2 is 1.72 bits per heavy atom. The van der Waals surface area contributed by atoms with Gasteiger partial charge in [0.15, 0.2) is 0 Å². The molecular formula is C22H27N3. The molecule has 0 aliphatic heterocycles. The molecule has 2 aromatic carbocycles. The monoisotopic (exact) mass is 333 g/mol. The van der Waals surface area contributed by atoms with E-state index in [4.69, 9.17) is 11.1 Å². The first-order valence-corrected chi connectivity index (χ1v) is 8.80. The Bertz CT molecular complexity index is 783. The van der Waals surface area contributed by atoms with Gasteiger partial charge in [-0.2, -0.15) is 0 Å². The van der Waals surface area contributed by atoms with E-state index in [1.165, 1.54) is 16.7 Å². The van der Waals surface area contributed by atoms with Crippen molar-refractivity contribution in [2.75, 3.05) is 7.05 Å². The van der Waals surface area contributed by atoms with E-state index in [0.717, 1.165) is 36.1 Å². The molecule has 3 heteroatoms. The van der Waals surface area contributed by atoms with E-state index in [9.17, 15) is 0 Å². The molecule has 2 aromatic rings. The van der Waals surface area contributed by atoms with Gasteiger partial charge in [-0.1, -0.05) is 62.7 Å². The molecule has 0 unspecified atom stereocenters. The van der Waals surface area contributed by atoms with Crippen molar-refractivity contribution in [1.82, 2.24) is 0 Å². The van der Waals surface area contributed by atoms with Crippen molar-refractivity contribution >= 4 is 17.1 Å². The average Bonchev–Trinajstić information content (AvgIpc) is 2.65. The normalized spacial score (nSPS) is 12.3. The zero-order valence-electron chi connectivity index (χ0n) is 15.3. The summed E-state index contributed by atoms with van der Waals surface area (Å²) in [4.78, 5) is 4.47. The molecule has 0 fully saturated rings. The van der Waals surface area contributed by atoms with Gasteiger partial charge in [-0.05, 0) is 41.7 Å². The molecule has 0 bridgehead atoms. The smallest absolute Gasteiger partial charge is 0.122 e. The number of nitrogens with zero attached hydrogens (tertiary/aromatic N) is 1. The van der Waals surface area contributed by atoms with E-state index < -0.39 is 0 Å². The number of hydrogen-bond acceptors (Lipinski definition) is 2. The van der Waals surface area contributed by atoms with Crippen molar-refractivity contribution in [1.29, 1.82) is 5.41 Å². The standard InChI is InChI=1S/C22H27N3/c1-4-7-18(17-12-10-16(5-2)11-13-17)15-21(25-3)19-8-6-9-20(14-19)22(23)24/h6,8-15H,4-5,7H2,1-3H3,(H3,23,24)/b18-15+,25-21?. The highest BCUT2D eigenvalue weighted by atomic mass is 14.7. The minimum Gasteiger partial charge on any atom is -0.384 e. The van der Waals surface area contributed by atoms with Gasteiger partial charge in [-0.3, -0.25) is 10.4 Å². The van der Waals surface area contributed by atoms with E-state index in [-0.39, 0.29) is 5.84 Å². The van der Waals surface area contributed by atoms with Gasteiger partial charge in [0, 0.05) is 18.2 Å². The van der Waals surface area contributed by atoms with Crippen LogP contribution in [-0.2, 0) is 6.42 Å². The maximum Gasteiger partial charge on any atom is 0.122 e. The number of amidine groups is 1. The Morgan fingerprint density at radius 3 is 2.28 bits per heavy atom. The average molecular weight is 333 g/mol. The highest BCUT2D eigenvalue weighted by Crippen LogP contribution is 2.22. The maximum absolute atomic E-state index is 7.63. The first-order chi connectivity index (χ1) is 12.1. The molecule has 3 nitrogen and oxygen atoms in total. The largest absolute Gasteiger partial charge is 0.384 e. The molecule has 0 aliphatic carbocycles. The van der Waals surface area contributed by atoms with Crippen LogP contribution in [0.3, 0.4) is 0 Å². The summed E-state index contributed by atoms with van der Waals surface area (Å²) in [6, 6.07) is 16.5. The number of hydrogen-bond donors (Lipinski definition) is 2. The number of aryl methyl sites for hydroxylation is 1. The number of benzene rings is 2. The highest BCUT2D eigenvalue weighted by Gasteiger charge is 2.07. The first-order valence-electron chi connectivity index (χ1n) is 8.80. The second-order valence-electron chi connectivity index (χ2n) is 6.07. The van der Waals surface area contributed by atoms with E-state index in [1.807, 2.05) is 24.3 Å². The van der Waals surface area contributed by atoms with Gasteiger partial charge >= 0.3 is 0 Å². The summed E-state index contributed by atoms with van der Waals surface area (Å²) < 4.78 is 0. The summed E-state index contributed by atoms with van der Waals surface area (Å²) in [7, 11) is 1.80. The molecule has 0 radical (unpaired) electrons. The van der Waals surface area contributed by atoms with Crippen LogP contribution in [0.25, 0.3) is 5.57 Å². The maximum atomic E-state index is 7.63. The zero-order valence-corrected chi connectivity index (χ0v) is 15.3. The summed E-state index contributed by atoms with van der Waals surface area (Å²) in [5.74, 6) is 0.0743. The Balaban J connectivity index is 2.42. The van der Waals surface area contributed by atoms with Crippen LogP contribution in [0.4, 0.5) is 0 Å². The third kappa shape index (κ3) is 4.90. The summed E-state index contributed by atoms with van der Waals surface area (Å²) in [5, 5.41) is 7.63. The van der Waals surface area contributed by atoms with Crippen molar-refractivity contribution < 1.29 is 0 Å². The minimum atomic E-state index is 0.0743. The molecule has 0 atom stereocenters. The van der Waals surface area contributed by atoms with E-state index in [2.05, 4.69) is 49.2 Å². The summed E-state index contributed by atoms with van der Waals surface area (Å²) in [5.41, 5.74) is 12.1. The van der Waals surface area contributed by atoms with Crippen LogP contribution < -0.4 is 5.73 Å². The number of aliphatic imine (C=N–C) groups is 1. The summed E-state index contributed by atoms with van der Waals surface area (Å²) in [6.07, 6.45) is 5.28. The molecule has 130 valence electrons. The minimum absolute atomic E-state index is 0.0743. The lowest BCUT2D eigenvalue weighted by atomic mass is 9.96. The Hall–Kier alpha value is -2.68. The topological polar surface area (TPSA) is 62.2 Å². The zero-order chi connectivity index (χ0) is 18.2. The fourth-order valence-electron chi connectivity index (χ4n) is 2.81. The van der Waals surface area contributed by atoms with Crippen LogP contribution in [-0.4, -0.2) is 18.6 Å². The van der Waals surface area contributed by atoms with Crippen LogP contribution in [0.15, 0.2) is 59.6 Å². The van der Waals surface area contributed by atoms with Crippen LogP contribution in [0.1, 0.15) is 48.9 Å². The lowest BCUT2D eigenvalue weighted by Crippen LogP contribution is -2.12. The van der Waals surface area contributed by atoms with Gasteiger partial charge in [0.2, 0.25) is 0 Å². The molecule has 0 aromatic heterocycles. The van der Waals surface area contributed by atoms with Gasteiger partial charge < -0.3 is 5.73 Å². The van der Waals surface area contributed by atoms with Crippen LogP contribution in [0.2, 0.25) is 0 Å². The van der Waals surface area contributed by atoms with Crippen molar-refractivity contribution in [3.63, 3.8) is 0 Å². The van der Waals surface area contributed by atoms with Crippen LogP contribution >= 0.6 is 0 Å². The molecule has 0 saturated heterocycles. The van der Waals surface area contributed by atoms with E-state index >= 15 is 0 Å². The first kappa shape index (κ1) is 18.7. The number of nitrogen functional groups attached to an aromatic ring is 1. The highest BCUT2D eigenvalue weighted by molar-refractivity contribution is 6.13.